The molecule has 2 atom stereocenters. The van der Waals surface area contributed by atoms with Crippen molar-refractivity contribution in [3.63, 3.8) is 0 Å². The molecule has 1 fully saturated rings. The fraction of sp³-hybridized carbons (Fsp3) is 0.600. The Labute approximate surface area is 57.8 Å². The minimum atomic E-state index is -0.558. The lowest BCUT2D eigenvalue weighted by Gasteiger charge is -1.95. The summed E-state index contributed by atoms with van der Waals surface area (Å²) in [5, 5.41) is -0.558. The molecule has 0 aliphatic carbocycles. The molecule has 0 aromatic carbocycles. The number of carbonyl (C=O) groups is 2. The lowest BCUT2D eigenvalue weighted by atomic mass is 10.1. The van der Waals surface area contributed by atoms with E-state index in [0.29, 0.717) is 0 Å². The molecule has 9 heavy (non-hydrogen) atoms. The SMILES string of the molecule is CC1C(=O)OC(=O)C1S. The van der Waals surface area contributed by atoms with Gasteiger partial charge in [0.25, 0.3) is 0 Å². The zero-order chi connectivity index (χ0) is 7.02. The largest absolute Gasteiger partial charge is 0.392 e. The van der Waals surface area contributed by atoms with E-state index in [1.54, 1.807) is 6.92 Å². The van der Waals surface area contributed by atoms with Crippen molar-refractivity contribution in [2.24, 2.45) is 5.92 Å². The van der Waals surface area contributed by atoms with Crippen LogP contribution in [-0.4, -0.2) is 17.2 Å². The molecule has 1 heterocycles. The van der Waals surface area contributed by atoms with Crippen molar-refractivity contribution in [3.8, 4) is 0 Å². The van der Waals surface area contributed by atoms with Gasteiger partial charge in [-0.15, -0.1) is 0 Å². The van der Waals surface area contributed by atoms with E-state index in [-0.39, 0.29) is 5.92 Å². The van der Waals surface area contributed by atoms with E-state index < -0.39 is 17.2 Å². The molecule has 0 radical (unpaired) electrons. The predicted octanol–water partition coefficient (Wildman–Crippen LogP) is 0.00430. The van der Waals surface area contributed by atoms with E-state index in [2.05, 4.69) is 17.4 Å². The van der Waals surface area contributed by atoms with E-state index in [1.165, 1.54) is 0 Å². The Bertz CT molecular complexity index is 148. The van der Waals surface area contributed by atoms with Crippen LogP contribution in [-0.2, 0) is 14.3 Å². The zero-order valence-corrected chi connectivity index (χ0v) is 5.72. The van der Waals surface area contributed by atoms with E-state index in [1.807, 2.05) is 0 Å². The first-order valence-corrected chi connectivity index (χ1v) is 3.08. The topological polar surface area (TPSA) is 43.4 Å². The molecular formula is C5H6O3S. The molecular weight excluding hydrogens is 140 g/mol. The molecule has 0 saturated carbocycles. The summed E-state index contributed by atoms with van der Waals surface area (Å²) >= 11 is 3.85. The summed E-state index contributed by atoms with van der Waals surface area (Å²) in [5.41, 5.74) is 0. The van der Waals surface area contributed by atoms with Crippen LogP contribution < -0.4 is 0 Å². The fourth-order valence-electron chi connectivity index (χ4n) is 0.585. The summed E-state index contributed by atoms with van der Waals surface area (Å²) in [4.78, 5) is 21.0. The monoisotopic (exact) mass is 146 g/mol. The van der Waals surface area contributed by atoms with E-state index in [4.69, 9.17) is 0 Å². The zero-order valence-electron chi connectivity index (χ0n) is 4.83. The Hall–Kier alpha value is -0.510. The second-order valence-electron chi connectivity index (χ2n) is 1.97. The maximum absolute atomic E-state index is 10.5. The number of hydrogen-bond acceptors (Lipinski definition) is 4. The number of esters is 2. The first-order chi connectivity index (χ1) is 4.13. The van der Waals surface area contributed by atoms with Gasteiger partial charge in [-0.1, -0.05) is 6.92 Å². The molecule has 4 heteroatoms. The molecule has 2 unspecified atom stereocenters. The Morgan fingerprint density at radius 2 is 2.00 bits per heavy atom. The van der Waals surface area contributed by atoms with E-state index in [0.717, 1.165) is 0 Å². The van der Waals surface area contributed by atoms with Crippen LogP contribution in [0.5, 0.6) is 0 Å². The quantitative estimate of drug-likeness (QED) is 0.297. The van der Waals surface area contributed by atoms with Gasteiger partial charge in [0.15, 0.2) is 0 Å². The first kappa shape index (κ1) is 6.61. The van der Waals surface area contributed by atoms with Crippen LogP contribution in [0.2, 0.25) is 0 Å². The first-order valence-electron chi connectivity index (χ1n) is 2.56. The fourth-order valence-corrected chi connectivity index (χ4v) is 0.760. The number of rotatable bonds is 0. The van der Waals surface area contributed by atoms with Gasteiger partial charge in [0.2, 0.25) is 0 Å². The molecule has 1 saturated heterocycles. The minimum Gasteiger partial charge on any atom is -0.392 e. The third-order valence-electron chi connectivity index (χ3n) is 1.29. The lowest BCUT2D eigenvalue weighted by Crippen LogP contribution is -2.13. The average molecular weight is 146 g/mol. The van der Waals surface area contributed by atoms with Crippen molar-refractivity contribution in [3.05, 3.63) is 0 Å². The van der Waals surface area contributed by atoms with Crippen molar-refractivity contribution in [2.45, 2.75) is 12.2 Å². The van der Waals surface area contributed by atoms with Gasteiger partial charge >= 0.3 is 11.9 Å². The minimum absolute atomic E-state index is 0.388. The Balaban J connectivity index is 2.77. The maximum atomic E-state index is 10.5. The summed E-state index contributed by atoms with van der Waals surface area (Å²) in [7, 11) is 0. The number of carbonyl (C=O) groups excluding carboxylic acids is 2. The summed E-state index contributed by atoms with van der Waals surface area (Å²) in [6.45, 7) is 1.62. The lowest BCUT2D eigenvalue weighted by molar-refractivity contribution is -0.152. The van der Waals surface area contributed by atoms with Crippen molar-refractivity contribution in [1.82, 2.24) is 0 Å². The molecule has 3 nitrogen and oxygen atoms in total. The highest BCUT2D eigenvalue weighted by Crippen LogP contribution is 2.20. The third kappa shape index (κ3) is 0.941. The predicted molar refractivity (Wildman–Crippen MR) is 33.0 cm³/mol. The van der Waals surface area contributed by atoms with Gasteiger partial charge in [-0.3, -0.25) is 9.59 Å². The smallest absolute Gasteiger partial charge is 0.327 e. The average Bonchev–Trinajstić information content (AvgIpc) is 1.98. The van der Waals surface area contributed by atoms with Crippen molar-refractivity contribution >= 4 is 24.6 Å². The second kappa shape index (κ2) is 2.02. The van der Waals surface area contributed by atoms with Gasteiger partial charge in [0, 0.05) is 0 Å². The Kier molecular flexibility index (Phi) is 1.48. The highest BCUT2D eigenvalue weighted by atomic mass is 32.1. The number of ether oxygens (including phenoxy) is 1. The molecule has 0 amide bonds. The molecule has 1 aliphatic heterocycles. The third-order valence-corrected chi connectivity index (χ3v) is 1.95. The Morgan fingerprint density at radius 1 is 1.44 bits per heavy atom. The number of hydrogen-bond donors (Lipinski definition) is 1. The van der Waals surface area contributed by atoms with Crippen LogP contribution in [0.25, 0.3) is 0 Å². The number of thiol groups is 1. The van der Waals surface area contributed by atoms with Gasteiger partial charge in [-0.2, -0.15) is 12.6 Å². The summed E-state index contributed by atoms with van der Waals surface area (Å²) in [5.74, 6) is -1.39. The van der Waals surface area contributed by atoms with Gasteiger partial charge in [0.05, 0.1) is 5.92 Å². The standard InChI is InChI=1S/C5H6O3S/c1-2-3(9)5(7)8-4(2)6/h2-3,9H,1H3. The van der Waals surface area contributed by atoms with Crippen molar-refractivity contribution in [2.75, 3.05) is 0 Å². The highest BCUT2D eigenvalue weighted by molar-refractivity contribution is 7.81. The molecule has 1 rings (SSSR count). The normalized spacial score (nSPS) is 34.9. The molecule has 0 aromatic heterocycles. The highest BCUT2D eigenvalue weighted by Gasteiger charge is 2.38. The van der Waals surface area contributed by atoms with Crippen LogP contribution in [0.1, 0.15) is 6.92 Å². The van der Waals surface area contributed by atoms with Gasteiger partial charge < -0.3 is 4.74 Å². The summed E-state index contributed by atoms with van der Waals surface area (Å²) in [6, 6.07) is 0. The van der Waals surface area contributed by atoms with Crippen LogP contribution in [0.3, 0.4) is 0 Å². The molecule has 50 valence electrons. The molecule has 0 spiro atoms. The van der Waals surface area contributed by atoms with E-state index in [9.17, 15) is 9.59 Å². The van der Waals surface area contributed by atoms with Gasteiger partial charge in [-0.25, -0.2) is 0 Å². The van der Waals surface area contributed by atoms with Gasteiger partial charge in [-0.05, 0) is 0 Å². The molecule has 1 aliphatic rings. The van der Waals surface area contributed by atoms with Crippen LogP contribution in [0, 0.1) is 5.92 Å². The van der Waals surface area contributed by atoms with Gasteiger partial charge in [0.1, 0.15) is 5.25 Å². The van der Waals surface area contributed by atoms with Crippen LogP contribution in [0.15, 0.2) is 0 Å². The summed E-state index contributed by atoms with van der Waals surface area (Å²) in [6.07, 6.45) is 0. The summed E-state index contributed by atoms with van der Waals surface area (Å²) < 4.78 is 4.23. The number of cyclic esters (lactones) is 2. The van der Waals surface area contributed by atoms with E-state index >= 15 is 0 Å². The van der Waals surface area contributed by atoms with Crippen molar-refractivity contribution in [1.29, 1.82) is 0 Å². The Morgan fingerprint density at radius 3 is 2.11 bits per heavy atom. The molecule has 0 aromatic rings. The van der Waals surface area contributed by atoms with Crippen LogP contribution in [0.4, 0.5) is 0 Å². The van der Waals surface area contributed by atoms with Crippen LogP contribution >= 0.6 is 12.6 Å². The molecule has 0 bridgehead atoms. The van der Waals surface area contributed by atoms with Crippen molar-refractivity contribution < 1.29 is 14.3 Å². The maximum Gasteiger partial charge on any atom is 0.327 e. The second-order valence-corrected chi connectivity index (χ2v) is 2.53. The molecule has 0 N–H and O–H groups in total.